The molecule has 3 nitrogen and oxygen atoms in total. The minimum Gasteiger partial charge on any atom is -0.768 e. The molecule has 0 aromatic heterocycles. The van der Waals surface area contributed by atoms with E-state index in [1.807, 2.05) is 0 Å². The van der Waals surface area contributed by atoms with Crippen LogP contribution in [0, 0.1) is 0 Å². The van der Waals surface area contributed by atoms with Crippen LogP contribution in [-0.2, 0) is 11.1 Å². The fourth-order valence-corrected chi connectivity index (χ4v) is 1.09. The molecule has 1 aromatic carbocycles. The van der Waals surface area contributed by atoms with Gasteiger partial charge in [-0.15, -0.1) is 0 Å². The SMILES string of the molecule is O=S([O-])c1ccc(OC(F)F)cc1. The molecule has 1 atom stereocenters. The fraction of sp³-hybridized carbons (Fsp3) is 0.143. The van der Waals surface area contributed by atoms with Crippen molar-refractivity contribution in [3.63, 3.8) is 0 Å². The van der Waals surface area contributed by atoms with E-state index < -0.39 is 17.7 Å². The second-order valence-corrected chi connectivity index (χ2v) is 3.03. The molecule has 0 aliphatic heterocycles. The van der Waals surface area contributed by atoms with Gasteiger partial charge >= 0.3 is 6.61 Å². The van der Waals surface area contributed by atoms with Gasteiger partial charge in [0.2, 0.25) is 0 Å². The number of hydrogen-bond donors (Lipinski definition) is 0. The highest BCUT2D eigenvalue weighted by molar-refractivity contribution is 7.79. The molecular formula is C7H5F2O3S-. The van der Waals surface area contributed by atoms with Crippen molar-refractivity contribution < 1.29 is 22.3 Å². The van der Waals surface area contributed by atoms with Crippen LogP contribution in [0.3, 0.4) is 0 Å². The van der Waals surface area contributed by atoms with Crippen molar-refractivity contribution in [3.05, 3.63) is 24.3 Å². The van der Waals surface area contributed by atoms with E-state index in [2.05, 4.69) is 4.74 Å². The molecule has 0 saturated carbocycles. The van der Waals surface area contributed by atoms with Gasteiger partial charge in [-0.2, -0.15) is 8.78 Å². The van der Waals surface area contributed by atoms with E-state index in [0.29, 0.717) is 0 Å². The Morgan fingerprint density at radius 3 is 2.23 bits per heavy atom. The van der Waals surface area contributed by atoms with Gasteiger partial charge in [-0.1, -0.05) is 0 Å². The molecule has 1 rings (SSSR count). The van der Waals surface area contributed by atoms with Crippen LogP contribution in [0.15, 0.2) is 29.2 Å². The zero-order valence-electron chi connectivity index (χ0n) is 6.28. The van der Waals surface area contributed by atoms with Crippen LogP contribution in [0.4, 0.5) is 8.78 Å². The van der Waals surface area contributed by atoms with Gasteiger partial charge in [-0.25, -0.2) is 0 Å². The third kappa shape index (κ3) is 3.08. The van der Waals surface area contributed by atoms with E-state index in [4.69, 9.17) is 0 Å². The highest BCUT2D eigenvalue weighted by atomic mass is 32.2. The molecule has 13 heavy (non-hydrogen) atoms. The Bertz CT molecular complexity index is 299. The van der Waals surface area contributed by atoms with Crippen LogP contribution < -0.4 is 4.74 Å². The Kier molecular flexibility index (Phi) is 3.32. The first-order valence-corrected chi connectivity index (χ1v) is 4.31. The maximum absolute atomic E-state index is 11.6. The van der Waals surface area contributed by atoms with Crippen LogP contribution in [0.25, 0.3) is 0 Å². The number of ether oxygens (including phenoxy) is 1. The third-order valence-corrected chi connectivity index (χ3v) is 1.90. The lowest BCUT2D eigenvalue weighted by atomic mass is 10.3. The molecule has 0 fully saturated rings. The lowest BCUT2D eigenvalue weighted by Crippen LogP contribution is -2.01. The highest BCUT2D eigenvalue weighted by Gasteiger charge is 2.03. The predicted octanol–water partition coefficient (Wildman–Crippen LogP) is 1.53. The summed E-state index contributed by atoms with van der Waals surface area (Å²) in [5.41, 5.74) is 0. The van der Waals surface area contributed by atoms with Crippen LogP contribution >= 0.6 is 0 Å². The summed E-state index contributed by atoms with van der Waals surface area (Å²) in [7, 11) is 0. The third-order valence-electron chi connectivity index (χ3n) is 1.24. The van der Waals surface area contributed by atoms with Crippen LogP contribution in [0.1, 0.15) is 0 Å². The molecule has 0 saturated heterocycles. The molecule has 0 amide bonds. The van der Waals surface area contributed by atoms with Crippen molar-refractivity contribution in [3.8, 4) is 5.75 Å². The molecule has 0 aliphatic rings. The maximum Gasteiger partial charge on any atom is 0.387 e. The smallest absolute Gasteiger partial charge is 0.387 e. The second-order valence-electron chi connectivity index (χ2n) is 2.08. The molecule has 1 aromatic rings. The standard InChI is InChI=1S/C7H6F2O3S/c8-7(9)12-5-1-3-6(4-2-5)13(10)11/h1-4,7H,(H,10,11)/p-1. The topological polar surface area (TPSA) is 49.4 Å². The molecule has 1 unspecified atom stereocenters. The number of alkyl halides is 2. The second kappa shape index (κ2) is 4.29. The van der Waals surface area contributed by atoms with Crippen molar-refractivity contribution in [1.82, 2.24) is 0 Å². The van der Waals surface area contributed by atoms with Crippen LogP contribution in [0.5, 0.6) is 5.75 Å². The van der Waals surface area contributed by atoms with Gasteiger partial charge in [-0.3, -0.25) is 4.21 Å². The summed E-state index contributed by atoms with van der Waals surface area (Å²) in [5, 5.41) is 0. The minimum absolute atomic E-state index is 0.0293. The normalized spacial score (nSPS) is 12.9. The van der Waals surface area contributed by atoms with Crippen molar-refractivity contribution in [2.75, 3.05) is 0 Å². The number of benzene rings is 1. The van der Waals surface area contributed by atoms with Gasteiger partial charge in [0.25, 0.3) is 0 Å². The zero-order valence-corrected chi connectivity index (χ0v) is 7.09. The van der Waals surface area contributed by atoms with E-state index >= 15 is 0 Å². The number of rotatable bonds is 3. The van der Waals surface area contributed by atoms with Crippen molar-refractivity contribution in [1.29, 1.82) is 0 Å². The molecule has 0 bridgehead atoms. The van der Waals surface area contributed by atoms with Gasteiger partial charge in [0.15, 0.2) is 0 Å². The molecule has 0 radical (unpaired) electrons. The van der Waals surface area contributed by atoms with Gasteiger partial charge in [0.05, 0.1) is 0 Å². The number of hydrogen-bond acceptors (Lipinski definition) is 3. The maximum atomic E-state index is 11.6. The van der Waals surface area contributed by atoms with Gasteiger partial charge in [0, 0.05) is 4.90 Å². The summed E-state index contributed by atoms with van der Waals surface area (Å²) in [6, 6.07) is 4.69. The molecule has 0 spiro atoms. The summed E-state index contributed by atoms with van der Waals surface area (Å²) >= 11 is -2.34. The Morgan fingerprint density at radius 1 is 1.31 bits per heavy atom. The van der Waals surface area contributed by atoms with E-state index in [0.717, 1.165) is 12.1 Å². The lowest BCUT2D eigenvalue weighted by molar-refractivity contribution is -0.0498. The van der Waals surface area contributed by atoms with Crippen molar-refractivity contribution in [2.45, 2.75) is 11.5 Å². The Labute approximate surface area is 75.6 Å². The quantitative estimate of drug-likeness (QED) is 0.706. The summed E-state index contributed by atoms with van der Waals surface area (Å²) in [6.45, 7) is -2.90. The van der Waals surface area contributed by atoms with E-state index in [1.165, 1.54) is 12.1 Å². The first-order valence-electron chi connectivity index (χ1n) is 3.24. The largest absolute Gasteiger partial charge is 0.768 e. The zero-order chi connectivity index (χ0) is 9.84. The van der Waals surface area contributed by atoms with Gasteiger partial charge < -0.3 is 9.29 Å². The summed E-state index contributed by atoms with van der Waals surface area (Å²) < 4.78 is 48.0. The Hall–Kier alpha value is -1.01. The Morgan fingerprint density at radius 2 is 1.85 bits per heavy atom. The van der Waals surface area contributed by atoms with Crippen LogP contribution in [-0.4, -0.2) is 15.4 Å². The highest BCUT2D eigenvalue weighted by Crippen LogP contribution is 2.15. The summed E-state index contributed by atoms with van der Waals surface area (Å²) in [5.74, 6) is -0.0656. The van der Waals surface area contributed by atoms with Gasteiger partial charge in [0.1, 0.15) is 5.75 Å². The molecular weight excluding hydrogens is 202 g/mol. The Balaban J connectivity index is 2.75. The first kappa shape index (κ1) is 10.1. The van der Waals surface area contributed by atoms with E-state index in [1.54, 1.807) is 0 Å². The summed E-state index contributed by atoms with van der Waals surface area (Å²) in [4.78, 5) is 0.0293. The molecule has 0 aliphatic carbocycles. The average molecular weight is 207 g/mol. The van der Waals surface area contributed by atoms with E-state index in [9.17, 15) is 17.5 Å². The van der Waals surface area contributed by atoms with Gasteiger partial charge in [-0.05, 0) is 35.3 Å². The molecule has 6 heteroatoms. The molecule has 0 N–H and O–H groups in total. The first-order chi connectivity index (χ1) is 6.09. The summed E-state index contributed by atoms with van der Waals surface area (Å²) in [6.07, 6.45) is 0. The number of halogens is 2. The molecule has 72 valence electrons. The van der Waals surface area contributed by atoms with E-state index in [-0.39, 0.29) is 10.6 Å². The molecule has 0 heterocycles. The fourth-order valence-electron chi connectivity index (χ4n) is 0.732. The van der Waals surface area contributed by atoms with Crippen LogP contribution in [0.2, 0.25) is 0 Å². The minimum atomic E-state index is -2.90. The lowest BCUT2D eigenvalue weighted by Gasteiger charge is -2.06. The monoisotopic (exact) mass is 207 g/mol. The van der Waals surface area contributed by atoms with Crippen molar-refractivity contribution in [2.24, 2.45) is 0 Å². The predicted molar refractivity (Wildman–Crippen MR) is 40.3 cm³/mol. The average Bonchev–Trinajstić information content (AvgIpc) is 2.04. The van der Waals surface area contributed by atoms with Crippen molar-refractivity contribution >= 4 is 11.1 Å².